The summed E-state index contributed by atoms with van der Waals surface area (Å²) in [5.74, 6) is 0.718. The molecule has 82 valence electrons. The molecule has 0 N–H and O–H groups in total. The Bertz CT molecular complexity index is 500. The Morgan fingerprint density at radius 2 is 1.81 bits per heavy atom. The molecule has 0 radical (unpaired) electrons. The fraction of sp³-hybridized carbons (Fsp3) is 0.0909. The molecule has 0 aliphatic rings. The van der Waals surface area contributed by atoms with E-state index < -0.39 is 0 Å². The van der Waals surface area contributed by atoms with Gasteiger partial charge in [0.05, 0.1) is 7.11 Å². The maximum absolute atomic E-state index is 5.93. The van der Waals surface area contributed by atoms with Gasteiger partial charge in [-0.3, -0.25) is 0 Å². The number of halogens is 2. The molecule has 2 aromatic rings. The second kappa shape index (κ2) is 4.68. The number of nitrogens with zero attached hydrogens (tertiary/aromatic N) is 2. The molecule has 1 heterocycles. The summed E-state index contributed by atoms with van der Waals surface area (Å²) in [6.45, 7) is 0. The summed E-state index contributed by atoms with van der Waals surface area (Å²) in [6, 6.07) is 5.36. The van der Waals surface area contributed by atoms with Crippen molar-refractivity contribution in [1.82, 2.24) is 9.97 Å². The van der Waals surface area contributed by atoms with Gasteiger partial charge in [0.25, 0.3) is 0 Å². The molecule has 0 saturated heterocycles. The molecule has 5 heteroatoms. The Hall–Kier alpha value is -1.32. The maximum Gasteiger partial charge on any atom is 0.222 e. The minimum absolute atomic E-state index is 0.213. The highest BCUT2D eigenvalue weighted by atomic mass is 35.5. The molecular formula is C11H8Cl2N2O. The molecule has 0 unspecified atom stereocenters. The Balaban J connectivity index is 2.53. The van der Waals surface area contributed by atoms with Crippen LogP contribution >= 0.6 is 23.2 Å². The third kappa shape index (κ3) is 2.26. The Labute approximate surface area is 103 Å². The maximum atomic E-state index is 5.93. The van der Waals surface area contributed by atoms with Crippen LogP contribution in [0, 0.1) is 0 Å². The molecule has 16 heavy (non-hydrogen) atoms. The van der Waals surface area contributed by atoms with Crippen molar-refractivity contribution in [2.45, 2.75) is 0 Å². The van der Waals surface area contributed by atoms with Crippen molar-refractivity contribution in [3.63, 3.8) is 0 Å². The molecular weight excluding hydrogens is 247 g/mol. The summed E-state index contributed by atoms with van der Waals surface area (Å²) in [7, 11) is 1.60. The first kappa shape index (κ1) is 11.2. The average Bonchev–Trinajstić information content (AvgIpc) is 2.30. The molecule has 0 bridgehead atoms. The highest BCUT2D eigenvalue weighted by Gasteiger charge is 2.07. The second-order valence-corrected chi connectivity index (χ2v) is 3.86. The van der Waals surface area contributed by atoms with E-state index in [0.29, 0.717) is 5.02 Å². The number of ether oxygens (including phenoxy) is 1. The van der Waals surface area contributed by atoms with Gasteiger partial charge < -0.3 is 4.74 Å². The predicted octanol–water partition coefficient (Wildman–Crippen LogP) is 3.46. The molecule has 0 saturated carbocycles. The second-order valence-electron chi connectivity index (χ2n) is 3.09. The first-order valence-corrected chi connectivity index (χ1v) is 5.28. The number of methoxy groups -OCH3 is 1. The fourth-order valence-corrected chi connectivity index (χ4v) is 1.63. The SMILES string of the molecule is COc1ccc(Cl)cc1-c1cnc(Cl)nc1. The number of aromatic nitrogens is 2. The van der Waals surface area contributed by atoms with E-state index in [2.05, 4.69) is 9.97 Å². The molecule has 0 aliphatic heterocycles. The number of rotatable bonds is 2. The van der Waals surface area contributed by atoms with Crippen molar-refractivity contribution < 1.29 is 4.74 Å². The van der Waals surface area contributed by atoms with Gasteiger partial charge in [0, 0.05) is 28.5 Å². The molecule has 0 spiro atoms. The van der Waals surface area contributed by atoms with E-state index in [4.69, 9.17) is 27.9 Å². The Morgan fingerprint density at radius 3 is 2.44 bits per heavy atom. The zero-order valence-electron chi connectivity index (χ0n) is 8.45. The quantitative estimate of drug-likeness (QED) is 0.771. The average molecular weight is 255 g/mol. The van der Waals surface area contributed by atoms with Crippen LogP contribution in [0.1, 0.15) is 0 Å². The van der Waals surface area contributed by atoms with Crippen LogP contribution in [0.25, 0.3) is 11.1 Å². The van der Waals surface area contributed by atoms with Gasteiger partial charge in [-0.05, 0) is 29.8 Å². The predicted molar refractivity (Wildman–Crippen MR) is 64.0 cm³/mol. The molecule has 0 fully saturated rings. The monoisotopic (exact) mass is 254 g/mol. The van der Waals surface area contributed by atoms with Gasteiger partial charge in [-0.1, -0.05) is 11.6 Å². The number of benzene rings is 1. The molecule has 0 atom stereocenters. The van der Waals surface area contributed by atoms with Crippen LogP contribution in [-0.4, -0.2) is 17.1 Å². The first-order valence-electron chi connectivity index (χ1n) is 4.52. The van der Waals surface area contributed by atoms with Crippen molar-refractivity contribution >= 4 is 23.2 Å². The molecule has 3 nitrogen and oxygen atoms in total. The highest BCUT2D eigenvalue weighted by molar-refractivity contribution is 6.31. The fourth-order valence-electron chi connectivity index (χ4n) is 1.36. The van der Waals surface area contributed by atoms with Gasteiger partial charge in [-0.25, -0.2) is 9.97 Å². The van der Waals surface area contributed by atoms with Gasteiger partial charge in [0.1, 0.15) is 5.75 Å². The normalized spacial score (nSPS) is 10.2. The van der Waals surface area contributed by atoms with Gasteiger partial charge in [0.15, 0.2) is 0 Å². The van der Waals surface area contributed by atoms with Crippen LogP contribution in [0.2, 0.25) is 10.3 Å². The largest absolute Gasteiger partial charge is 0.496 e. The van der Waals surface area contributed by atoms with Crippen LogP contribution in [0.3, 0.4) is 0 Å². The lowest BCUT2D eigenvalue weighted by molar-refractivity contribution is 0.416. The van der Waals surface area contributed by atoms with E-state index in [9.17, 15) is 0 Å². The molecule has 2 rings (SSSR count). The minimum Gasteiger partial charge on any atom is -0.496 e. The third-order valence-corrected chi connectivity index (χ3v) is 2.52. The zero-order chi connectivity index (χ0) is 11.5. The van der Waals surface area contributed by atoms with E-state index >= 15 is 0 Å². The lowest BCUT2D eigenvalue weighted by atomic mass is 10.1. The van der Waals surface area contributed by atoms with Gasteiger partial charge in [-0.2, -0.15) is 0 Å². The van der Waals surface area contributed by atoms with E-state index in [0.717, 1.165) is 16.9 Å². The van der Waals surface area contributed by atoms with Gasteiger partial charge >= 0.3 is 0 Å². The standard InChI is InChI=1S/C11H8Cl2N2O/c1-16-10-3-2-8(12)4-9(10)7-5-14-11(13)15-6-7/h2-6H,1H3. The minimum atomic E-state index is 0.213. The summed E-state index contributed by atoms with van der Waals surface area (Å²) in [6.07, 6.45) is 3.26. The van der Waals surface area contributed by atoms with Crippen molar-refractivity contribution in [3.8, 4) is 16.9 Å². The van der Waals surface area contributed by atoms with E-state index in [-0.39, 0.29) is 5.28 Å². The van der Waals surface area contributed by atoms with Crippen molar-refractivity contribution in [2.24, 2.45) is 0 Å². The van der Waals surface area contributed by atoms with Gasteiger partial charge in [-0.15, -0.1) is 0 Å². The van der Waals surface area contributed by atoms with Crippen LogP contribution < -0.4 is 4.74 Å². The molecule has 0 aliphatic carbocycles. The van der Waals surface area contributed by atoms with Crippen LogP contribution in [-0.2, 0) is 0 Å². The summed E-state index contributed by atoms with van der Waals surface area (Å²) >= 11 is 11.6. The zero-order valence-corrected chi connectivity index (χ0v) is 9.96. The molecule has 1 aromatic carbocycles. The summed E-state index contributed by atoms with van der Waals surface area (Å²) < 4.78 is 5.24. The van der Waals surface area contributed by atoms with E-state index in [1.54, 1.807) is 37.7 Å². The number of hydrogen-bond donors (Lipinski definition) is 0. The summed E-state index contributed by atoms with van der Waals surface area (Å²) in [5, 5.41) is 0.843. The van der Waals surface area contributed by atoms with Crippen LogP contribution in [0.5, 0.6) is 5.75 Å². The smallest absolute Gasteiger partial charge is 0.222 e. The topological polar surface area (TPSA) is 35.0 Å². The van der Waals surface area contributed by atoms with Crippen molar-refractivity contribution in [1.29, 1.82) is 0 Å². The Kier molecular flexibility index (Phi) is 3.27. The molecule has 1 aromatic heterocycles. The summed E-state index contributed by atoms with van der Waals surface area (Å²) in [4.78, 5) is 7.83. The van der Waals surface area contributed by atoms with Gasteiger partial charge in [0.2, 0.25) is 5.28 Å². The van der Waals surface area contributed by atoms with E-state index in [1.807, 2.05) is 0 Å². The third-order valence-electron chi connectivity index (χ3n) is 2.09. The highest BCUT2D eigenvalue weighted by Crippen LogP contribution is 2.31. The first-order chi connectivity index (χ1) is 7.70. The van der Waals surface area contributed by atoms with E-state index in [1.165, 1.54) is 0 Å². The lowest BCUT2D eigenvalue weighted by Crippen LogP contribution is -1.90. The van der Waals surface area contributed by atoms with Crippen LogP contribution in [0.4, 0.5) is 0 Å². The number of hydrogen-bond acceptors (Lipinski definition) is 3. The van der Waals surface area contributed by atoms with Crippen molar-refractivity contribution in [2.75, 3.05) is 7.11 Å². The van der Waals surface area contributed by atoms with Crippen LogP contribution in [0.15, 0.2) is 30.6 Å². The van der Waals surface area contributed by atoms with Crippen molar-refractivity contribution in [3.05, 3.63) is 40.9 Å². The summed E-state index contributed by atoms with van der Waals surface area (Å²) in [5.41, 5.74) is 1.65. The molecule has 0 amide bonds. The Morgan fingerprint density at radius 1 is 1.12 bits per heavy atom. The lowest BCUT2D eigenvalue weighted by Gasteiger charge is -2.08.